The highest BCUT2D eigenvalue weighted by atomic mass is 32.1. The van der Waals surface area contributed by atoms with Crippen molar-refractivity contribution in [3.8, 4) is 0 Å². The fourth-order valence-corrected chi connectivity index (χ4v) is 8.08. The molecule has 0 saturated heterocycles. The van der Waals surface area contributed by atoms with Gasteiger partial charge in [0, 0.05) is 17.5 Å². The van der Waals surface area contributed by atoms with Crippen molar-refractivity contribution in [2.75, 3.05) is 0 Å². The number of thiazole rings is 1. The summed E-state index contributed by atoms with van der Waals surface area (Å²) in [5.74, 6) is 5.04. The Balaban J connectivity index is 1.57. The first-order chi connectivity index (χ1) is 12.6. The van der Waals surface area contributed by atoms with E-state index in [9.17, 15) is 4.79 Å². The fourth-order valence-electron chi connectivity index (χ4n) is 7.45. The summed E-state index contributed by atoms with van der Waals surface area (Å²) >= 11 is 1.53. The van der Waals surface area contributed by atoms with Gasteiger partial charge >= 0.3 is 0 Å². The molecule has 0 aliphatic heterocycles. The summed E-state index contributed by atoms with van der Waals surface area (Å²) in [7, 11) is 0. The summed E-state index contributed by atoms with van der Waals surface area (Å²) < 4.78 is 0. The first-order valence-electron chi connectivity index (χ1n) is 11.0. The number of nitrogens with zero attached hydrogens (tertiary/aromatic N) is 1. The number of aromatic nitrogens is 1. The molecule has 1 heterocycles. The van der Waals surface area contributed by atoms with E-state index < -0.39 is 0 Å². The Labute approximate surface area is 163 Å². The van der Waals surface area contributed by atoms with Crippen LogP contribution in [0.25, 0.3) is 0 Å². The molecule has 7 unspecified atom stereocenters. The minimum atomic E-state index is 0.216. The van der Waals surface area contributed by atoms with Gasteiger partial charge in [-0.15, -0.1) is 11.3 Å². The molecule has 7 atom stereocenters. The molecule has 0 N–H and O–H groups in total. The van der Waals surface area contributed by atoms with Crippen LogP contribution < -0.4 is 0 Å². The van der Waals surface area contributed by atoms with Crippen LogP contribution in [-0.2, 0) is 0 Å². The van der Waals surface area contributed by atoms with Gasteiger partial charge in [0.1, 0.15) is 0 Å². The molecule has 0 spiro atoms. The molecule has 1 aromatic heterocycles. The van der Waals surface area contributed by atoms with Gasteiger partial charge in [-0.2, -0.15) is 0 Å². The van der Waals surface area contributed by atoms with E-state index in [1.165, 1.54) is 62.7 Å². The lowest BCUT2D eigenvalue weighted by atomic mass is 9.50. The first kappa shape index (κ1) is 18.7. The van der Waals surface area contributed by atoms with Crippen molar-refractivity contribution in [2.24, 2.45) is 40.9 Å². The van der Waals surface area contributed by atoms with Gasteiger partial charge in [0.05, 0.1) is 0 Å². The van der Waals surface area contributed by atoms with Gasteiger partial charge < -0.3 is 0 Å². The molecular weight excluding hydrogens is 338 g/mol. The SMILES string of the molecule is CCCC1C(CC)CCC2C1CCC1(C)C(C(=O)c3nccs3)CCC21. The highest BCUT2D eigenvalue weighted by Gasteiger charge is 2.58. The van der Waals surface area contributed by atoms with Crippen LogP contribution >= 0.6 is 11.3 Å². The molecule has 0 aromatic carbocycles. The Morgan fingerprint density at radius 2 is 2.04 bits per heavy atom. The third-order valence-electron chi connectivity index (χ3n) is 8.62. The van der Waals surface area contributed by atoms with E-state index in [0.29, 0.717) is 5.78 Å². The van der Waals surface area contributed by atoms with Crippen LogP contribution in [-0.4, -0.2) is 10.8 Å². The van der Waals surface area contributed by atoms with Crippen molar-refractivity contribution in [1.29, 1.82) is 0 Å². The third kappa shape index (κ3) is 2.89. The molecule has 2 nitrogen and oxygen atoms in total. The fraction of sp³-hybridized carbons (Fsp3) is 0.826. The van der Waals surface area contributed by atoms with Crippen LogP contribution in [0.1, 0.15) is 88.4 Å². The van der Waals surface area contributed by atoms with Gasteiger partial charge in [0.2, 0.25) is 0 Å². The number of fused-ring (bicyclic) bond motifs is 3. The van der Waals surface area contributed by atoms with Gasteiger partial charge in [0.25, 0.3) is 0 Å². The van der Waals surface area contributed by atoms with Crippen molar-refractivity contribution in [3.05, 3.63) is 16.6 Å². The Morgan fingerprint density at radius 3 is 2.73 bits per heavy atom. The van der Waals surface area contributed by atoms with Crippen LogP contribution in [0.3, 0.4) is 0 Å². The summed E-state index contributed by atoms with van der Waals surface area (Å²) in [5.41, 5.74) is 0.222. The number of ketones is 1. The molecule has 0 radical (unpaired) electrons. The zero-order valence-corrected chi connectivity index (χ0v) is 17.6. The quantitative estimate of drug-likeness (QED) is 0.543. The van der Waals surface area contributed by atoms with E-state index in [2.05, 4.69) is 25.8 Å². The summed E-state index contributed by atoms with van der Waals surface area (Å²) in [6.07, 6.45) is 13.7. The van der Waals surface area contributed by atoms with E-state index in [1.807, 2.05) is 5.38 Å². The molecule has 26 heavy (non-hydrogen) atoms. The van der Waals surface area contributed by atoms with Crippen molar-refractivity contribution in [2.45, 2.75) is 78.6 Å². The second-order valence-electron chi connectivity index (χ2n) is 9.51. The summed E-state index contributed by atoms with van der Waals surface area (Å²) in [5, 5.41) is 2.69. The number of rotatable bonds is 5. The monoisotopic (exact) mass is 373 g/mol. The van der Waals surface area contributed by atoms with E-state index in [0.717, 1.165) is 41.0 Å². The Kier molecular flexibility index (Phi) is 5.29. The molecule has 3 heteroatoms. The lowest BCUT2D eigenvalue weighted by Crippen LogP contribution is -2.48. The van der Waals surface area contributed by atoms with Gasteiger partial charge in [0.15, 0.2) is 10.8 Å². The smallest absolute Gasteiger partial charge is 0.194 e. The molecule has 0 bridgehead atoms. The topological polar surface area (TPSA) is 30.0 Å². The lowest BCUT2D eigenvalue weighted by molar-refractivity contribution is -0.0506. The zero-order valence-electron chi connectivity index (χ0n) is 16.7. The maximum absolute atomic E-state index is 13.1. The molecule has 3 saturated carbocycles. The zero-order chi connectivity index (χ0) is 18.3. The van der Waals surface area contributed by atoms with E-state index in [4.69, 9.17) is 0 Å². The molecule has 144 valence electrons. The maximum atomic E-state index is 13.1. The maximum Gasteiger partial charge on any atom is 0.194 e. The predicted octanol–water partition coefficient (Wildman–Crippen LogP) is 6.62. The molecular formula is C23H35NOS. The number of carbonyl (C=O) groups excluding carboxylic acids is 1. The van der Waals surface area contributed by atoms with Gasteiger partial charge in [-0.3, -0.25) is 4.79 Å². The highest BCUT2D eigenvalue weighted by Crippen LogP contribution is 2.64. The standard InChI is InChI=1S/C23H35NOS/c1-4-6-16-15(5-2)7-8-18-17(16)11-12-23(3)19(18)9-10-20(23)21(25)22-24-13-14-26-22/h13-20H,4-12H2,1-3H3. The first-order valence-corrected chi connectivity index (χ1v) is 11.9. The minimum Gasteiger partial charge on any atom is -0.291 e. The van der Waals surface area contributed by atoms with Gasteiger partial charge in [-0.05, 0) is 73.5 Å². The van der Waals surface area contributed by atoms with Crippen LogP contribution in [0.15, 0.2) is 11.6 Å². The second-order valence-corrected chi connectivity index (χ2v) is 10.4. The number of hydrogen-bond acceptors (Lipinski definition) is 3. The largest absolute Gasteiger partial charge is 0.291 e. The average molecular weight is 374 g/mol. The number of hydrogen-bond donors (Lipinski definition) is 0. The predicted molar refractivity (Wildman–Crippen MR) is 108 cm³/mol. The second kappa shape index (κ2) is 7.37. The normalized spacial score (nSPS) is 42.3. The van der Waals surface area contributed by atoms with Crippen molar-refractivity contribution >= 4 is 17.1 Å². The van der Waals surface area contributed by atoms with Crippen LogP contribution in [0.5, 0.6) is 0 Å². The van der Waals surface area contributed by atoms with E-state index >= 15 is 0 Å². The minimum absolute atomic E-state index is 0.216. The number of carbonyl (C=O) groups is 1. The Hall–Kier alpha value is -0.700. The highest BCUT2D eigenvalue weighted by molar-refractivity contribution is 7.11. The molecule has 1 aromatic rings. The molecule has 0 amide bonds. The Morgan fingerprint density at radius 1 is 1.19 bits per heavy atom. The van der Waals surface area contributed by atoms with Crippen LogP contribution in [0.2, 0.25) is 0 Å². The average Bonchev–Trinajstić information content (AvgIpc) is 3.29. The van der Waals surface area contributed by atoms with E-state index in [1.54, 1.807) is 6.20 Å². The van der Waals surface area contributed by atoms with Crippen LogP contribution in [0, 0.1) is 40.9 Å². The summed E-state index contributed by atoms with van der Waals surface area (Å²) in [6, 6.07) is 0. The van der Waals surface area contributed by atoms with Crippen molar-refractivity contribution in [1.82, 2.24) is 4.98 Å². The molecule has 3 aliphatic carbocycles. The summed E-state index contributed by atoms with van der Waals surface area (Å²) in [4.78, 5) is 17.5. The van der Waals surface area contributed by atoms with E-state index in [-0.39, 0.29) is 11.3 Å². The Bertz CT molecular complexity index is 626. The van der Waals surface area contributed by atoms with Crippen molar-refractivity contribution < 1.29 is 4.79 Å². The van der Waals surface area contributed by atoms with Gasteiger partial charge in [-0.1, -0.05) is 40.0 Å². The van der Waals surface area contributed by atoms with Crippen LogP contribution in [0.4, 0.5) is 0 Å². The van der Waals surface area contributed by atoms with Crippen molar-refractivity contribution in [3.63, 3.8) is 0 Å². The number of Topliss-reactive ketones (excluding diaryl/α,β-unsaturated/α-hetero) is 1. The summed E-state index contributed by atoms with van der Waals surface area (Å²) in [6.45, 7) is 7.22. The third-order valence-corrected chi connectivity index (χ3v) is 9.41. The molecule has 4 rings (SSSR count). The molecule has 3 fully saturated rings. The molecule has 3 aliphatic rings. The van der Waals surface area contributed by atoms with Gasteiger partial charge in [-0.25, -0.2) is 4.98 Å². The lowest BCUT2D eigenvalue weighted by Gasteiger charge is -2.54.